The number of hydrogen-bond donors (Lipinski definition) is 3. The van der Waals surface area contributed by atoms with Crippen molar-refractivity contribution in [1.29, 1.82) is 0 Å². The van der Waals surface area contributed by atoms with Crippen LogP contribution in [0.15, 0.2) is 0 Å². The van der Waals surface area contributed by atoms with Crippen LogP contribution in [0.4, 0.5) is 11.9 Å². The Hall–Kier alpha value is -0.980. The molecular weight excluding hydrogens is 188 g/mol. The minimum atomic E-state index is 0. The first-order chi connectivity index (χ1) is 3.72. The van der Waals surface area contributed by atoms with Crippen molar-refractivity contribution >= 4 is 28.9 Å². The van der Waals surface area contributed by atoms with Crippen molar-refractivity contribution in [2.75, 3.05) is 17.3 Å². The summed E-state index contributed by atoms with van der Waals surface area (Å²) in [4.78, 5) is 0. The molecule has 0 bridgehead atoms. The number of nitrogens with zero attached hydrogens (tertiary/aromatic N) is 3. The summed E-state index contributed by atoms with van der Waals surface area (Å²) in [6.45, 7) is 0. The van der Waals surface area contributed by atoms with Crippen molar-refractivity contribution in [3.05, 3.63) is 0 Å². The average molecular weight is 195 g/mol. The molecule has 0 radical (unpaired) electrons. The second-order valence-electron chi connectivity index (χ2n) is 1.29. The second kappa shape index (κ2) is 2.53. The van der Waals surface area contributed by atoms with Gasteiger partial charge < -0.3 is 17.3 Å². The van der Waals surface area contributed by atoms with E-state index in [9.17, 15) is 0 Å². The van der Waals surface area contributed by atoms with Crippen molar-refractivity contribution in [2.24, 2.45) is 0 Å². The predicted molar refractivity (Wildman–Crippen MR) is 39.3 cm³/mol. The van der Waals surface area contributed by atoms with Gasteiger partial charge in [0.05, 0.1) is 0 Å². The Morgan fingerprint density at radius 2 is 1.44 bits per heavy atom. The van der Waals surface area contributed by atoms with Crippen LogP contribution in [-0.2, 0) is 0 Å². The van der Waals surface area contributed by atoms with Crippen molar-refractivity contribution in [3.8, 4) is 0 Å². The predicted octanol–water partition coefficient (Wildman–Crippen LogP) is -1.27. The van der Waals surface area contributed by atoms with Crippen molar-refractivity contribution in [1.82, 2.24) is 14.9 Å². The third-order valence-corrected chi connectivity index (χ3v) is 0.749. The zero-order valence-electron chi connectivity index (χ0n) is 4.48. The zero-order chi connectivity index (χ0) is 6.15. The van der Waals surface area contributed by atoms with E-state index in [-0.39, 0.29) is 28.9 Å². The van der Waals surface area contributed by atoms with Crippen LogP contribution in [-0.4, -0.2) is 14.9 Å². The van der Waals surface area contributed by atoms with Gasteiger partial charge in [0, 0.05) is 0 Å². The molecule has 0 unspecified atom stereocenters. The van der Waals surface area contributed by atoms with E-state index in [0.717, 1.165) is 4.68 Å². The maximum Gasteiger partial charge on any atom is 0.242 e. The minimum absolute atomic E-state index is 0. The first-order valence-corrected chi connectivity index (χ1v) is 1.93. The van der Waals surface area contributed by atoms with Crippen LogP contribution in [0.2, 0.25) is 0 Å². The molecule has 1 aromatic rings. The quantitative estimate of drug-likeness (QED) is 0.447. The van der Waals surface area contributed by atoms with Crippen LogP contribution in [0, 0.1) is 0 Å². The molecular formula is C2H7BrN6. The van der Waals surface area contributed by atoms with Gasteiger partial charge in [-0.3, -0.25) is 0 Å². The summed E-state index contributed by atoms with van der Waals surface area (Å²) < 4.78 is 1.00. The van der Waals surface area contributed by atoms with Gasteiger partial charge in [0.25, 0.3) is 0 Å². The van der Waals surface area contributed by atoms with Crippen LogP contribution in [0.5, 0.6) is 0 Å². The van der Waals surface area contributed by atoms with E-state index in [0.29, 0.717) is 0 Å². The molecule has 6 N–H and O–H groups in total. The molecule has 0 atom stereocenters. The highest BCUT2D eigenvalue weighted by molar-refractivity contribution is 8.93. The Bertz CT molecular complexity index is 173. The van der Waals surface area contributed by atoms with Gasteiger partial charge in [0.1, 0.15) is 0 Å². The molecule has 0 amide bonds. The van der Waals surface area contributed by atoms with Gasteiger partial charge in [0.2, 0.25) is 11.9 Å². The number of rotatable bonds is 0. The molecule has 0 aliphatic carbocycles. The third-order valence-electron chi connectivity index (χ3n) is 0.749. The fraction of sp³-hybridized carbons (Fsp3) is 0. The van der Waals surface area contributed by atoms with E-state index in [1.807, 2.05) is 0 Å². The van der Waals surface area contributed by atoms with Crippen LogP contribution in [0.1, 0.15) is 0 Å². The summed E-state index contributed by atoms with van der Waals surface area (Å²) in [6, 6.07) is 0. The molecule has 1 aromatic heterocycles. The summed E-state index contributed by atoms with van der Waals surface area (Å²) in [7, 11) is 0. The normalized spacial score (nSPS) is 8.44. The maximum absolute atomic E-state index is 5.14. The van der Waals surface area contributed by atoms with E-state index in [1.54, 1.807) is 0 Å². The van der Waals surface area contributed by atoms with Gasteiger partial charge in [-0.25, -0.2) is 0 Å². The van der Waals surface area contributed by atoms with Gasteiger partial charge in [-0.05, 0) is 0 Å². The fourth-order valence-electron chi connectivity index (χ4n) is 0.316. The highest BCUT2D eigenvalue weighted by Gasteiger charge is 1.97. The summed E-state index contributed by atoms with van der Waals surface area (Å²) in [5, 5.41) is 6.71. The number of nitrogen functional groups attached to an aromatic ring is 3. The lowest BCUT2D eigenvalue weighted by Crippen LogP contribution is -2.14. The Morgan fingerprint density at radius 1 is 1.11 bits per heavy atom. The van der Waals surface area contributed by atoms with Crippen molar-refractivity contribution < 1.29 is 0 Å². The number of aromatic nitrogens is 3. The van der Waals surface area contributed by atoms with E-state index >= 15 is 0 Å². The SMILES string of the molecule is Br.Nc1nnc(N)n1N. The van der Waals surface area contributed by atoms with Gasteiger partial charge >= 0.3 is 0 Å². The van der Waals surface area contributed by atoms with E-state index in [2.05, 4.69) is 10.2 Å². The molecule has 0 saturated heterocycles. The lowest BCUT2D eigenvalue weighted by Gasteiger charge is -1.90. The summed E-state index contributed by atoms with van der Waals surface area (Å²) in [5.41, 5.74) is 10.2. The monoisotopic (exact) mass is 194 g/mol. The van der Waals surface area contributed by atoms with Crippen molar-refractivity contribution in [3.63, 3.8) is 0 Å². The van der Waals surface area contributed by atoms with Crippen LogP contribution in [0.25, 0.3) is 0 Å². The maximum atomic E-state index is 5.14. The number of anilines is 2. The molecule has 1 heterocycles. The molecule has 0 spiro atoms. The largest absolute Gasteiger partial charge is 0.366 e. The van der Waals surface area contributed by atoms with Gasteiger partial charge in [-0.15, -0.1) is 27.2 Å². The molecule has 0 fully saturated rings. The Morgan fingerprint density at radius 3 is 1.56 bits per heavy atom. The molecule has 52 valence electrons. The number of hydrogen-bond acceptors (Lipinski definition) is 5. The number of nitrogens with two attached hydrogens (primary N) is 3. The zero-order valence-corrected chi connectivity index (χ0v) is 6.20. The van der Waals surface area contributed by atoms with Gasteiger partial charge in [-0.2, -0.15) is 4.68 Å². The minimum Gasteiger partial charge on any atom is -0.366 e. The smallest absolute Gasteiger partial charge is 0.242 e. The lowest BCUT2D eigenvalue weighted by atomic mass is 11.0. The third kappa shape index (κ3) is 1.22. The van der Waals surface area contributed by atoms with Gasteiger partial charge in [-0.1, -0.05) is 0 Å². The molecule has 0 aliphatic heterocycles. The van der Waals surface area contributed by atoms with Crippen molar-refractivity contribution in [2.45, 2.75) is 0 Å². The first-order valence-electron chi connectivity index (χ1n) is 1.93. The summed E-state index contributed by atoms with van der Waals surface area (Å²) in [6.07, 6.45) is 0. The molecule has 1 rings (SSSR count). The molecule has 0 aromatic carbocycles. The first kappa shape index (κ1) is 8.02. The molecule has 9 heavy (non-hydrogen) atoms. The van der Waals surface area contributed by atoms with E-state index < -0.39 is 0 Å². The van der Waals surface area contributed by atoms with E-state index in [1.165, 1.54) is 0 Å². The number of halogens is 1. The Labute approximate surface area is 61.8 Å². The molecule has 0 saturated carbocycles. The topological polar surface area (TPSA) is 109 Å². The summed E-state index contributed by atoms with van der Waals surface area (Å²) in [5.74, 6) is 5.37. The van der Waals surface area contributed by atoms with Crippen LogP contribution >= 0.6 is 17.0 Å². The average Bonchev–Trinajstić information content (AvgIpc) is 1.98. The Kier molecular flexibility index (Phi) is 2.26. The molecule has 0 aliphatic rings. The van der Waals surface area contributed by atoms with Crippen LogP contribution < -0.4 is 17.3 Å². The standard InChI is InChI=1S/C2H6N6.BrH/c3-1-6-7-2(4)8(1)5;/h5H2,(H2,3,6)(H2,4,7);1H. The summed E-state index contributed by atoms with van der Waals surface area (Å²) >= 11 is 0. The Balaban J connectivity index is 0.000000640. The second-order valence-corrected chi connectivity index (χ2v) is 1.29. The van der Waals surface area contributed by atoms with Crippen LogP contribution in [0.3, 0.4) is 0 Å². The van der Waals surface area contributed by atoms with E-state index in [4.69, 9.17) is 17.3 Å². The lowest BCUT2D eigenvalue weighted by molar-refractivity contribution is 1.03. The van der Waals surface area contributed by atoms with Gasteiger partial charge in [0.15, 0.2) is 0 Å². The molecule has 6 nitrogen and oxygen atoms in total. The highest BCUT2D eigenvalue weighted by Crippen LogP contribution is 1.95. The highest BCUT2D eigenvalue weighted by atomic mass is 79.9. The molecule has 7 heteroatoms. The fourth-order valence-corrected chi connectivity index (χ4v) is 0.316.